The van der Waals surface area contributed by atoms with Crippen LogP contribution < -0.4 is 0 Å². The van der Waals surface area contributed by atoms with E-state index in [0.717, 1.165) is 24.2 Å². The maximum atomic E-state index is 13.0. The fourth-order valence-electron chi connectivity index (χ4n) is 1.67. The van der Waals surface area contributed by atoms with Crippen LogP contribution in [0.15, 0.2) is 30.9 Å². The molecule has 0 spiro atoms. The van der Waals surface area contributed by atoms with Crippen LogP contribution in [0.1, 0.15) is 24.7 Å². The number of aryl methyl sites for hydroxylation is 1. The van der Waals surface area contributed by atoms with Crippen LogP contribution >= 0.6 is 0 Å². The molecule has 0 saturated heterocycles. The van der Waals surface area contributed by atoms with Crippen molar-refractivity contribution < 1.29 is 4.39 Å². The first-order chi connectivity index (χ1) is 7.79. The highest BCUT2D eigenvalue weighted by molar-refractivity contribution is 5.11. The molecule has 0 bridgehead atoms. The minimum absolute atomic E-state index is 0.297. The van der Waals surface area contributed by atoms with Crippen LogP contribution in [0.4, 0.5) is 4.39 Å². The largest absolute Gasteiger partial charge is 0.330 e. The van der Waals surface area contributed by atoms with E-state index in [2.05, 4.69) is 16.9 Å². The zero-order valence-corrected chi connectivity index (χ0v) is 9.23. The van der Waals surface area contributed by atoms with E-state index in [1.54, 1.807) is 12.4 Å². The van der Waals surface area contributed by atoms with Crippen molar-refractivity contribution >= 4 is 0 Å². The summed E-state index contributed by atoms with van der Waals surface area (Å²) in [5.74, 6) is 0.737. The molecule has 0 amide bonds. The summed E-state index contributed by atoms with van der Waals surface area (Å²) in [6.45, 7) is 2.74. The van der Waals surface area contributed by atoms with Gasteiger partial charge in [0.1, 0.15) is 11.6 Å². The Morgan fingerprint density at radius 3 is 3.00 bits per heavy atom. The van der Waals surface area contributed by atoms with Gasteiger partial charge in [-0.05, 0) is 18.1 Å². The summed E-state index contributed by atoms with van der Waals surface area (Å²) in [4.78, 5) is 8.10. The van der Waals surface area contributed by atoms with Crippen molar-refractivity contribution in [1.82, 2.24) is 14.5 Å². The molecule has 2 aromatic heterocycles. The van der Waals surface area contributed by atoms with Crippen LogP contribution in [0.25, 0.3) is 0 Å². The summed E-state index contributed by atoms with van der Waals surface area (Å²) >= 11 is 0. The van der Waals surface area contributed by atoms with Crippen molar-refractivity contribution in [2.24, 2.45) is 0 Å². The molecule has 0 aliphatic heterocycles. The van der Waals surface area contributed by atoms with Gasteiger partial charge in [-0.1, -0.05) is 6.92 Å². The van der Waals surface area contributed by atoms with Gasteiger partial charge in [0.15, 0.2) is 0 Å². The SMILES string of the molecule is CCCc1nccn1Cc1cncc(F)c1. The van der Waals surface area contributed by atoms with Crippen molar-refractivity contribution in [3.8, 4) is 0 Å². The number of aromatic nitrogens is 3. The standard InChI is InChI=1S/C12H14FN3/c1-2-3-12-15-4-5-16(12)9-10-6-11(13)8-14-7-10/h4-8H,2-3,9H2,1H3. The van der Waals surface area contributed by atoms with Gasteiger partial charge in [-0.2, -0.15) is 0 Å². The van der Waals surface area contributed by atoms with E-state index >= 15 is 0 Å². The van der Waals surface area contributed by atoms with Gasteiger partial charge in [0.05, 0.1) is 12.7 Å². The van der Waals surface area contributed by atoms with Crippen molar-refractivity contribution in [3.63, 3.8) is 0 Å². The minimum atomic E-state index is -0.297. The fraction of sp³-hybridized carbons (Fsp3) is 0.333. The molecule has 0 atom stereocenters. The van der Waals surface area contributed by atoms with Crippen molar-refractivity contribution in [3.05, 3.63) is 48.1 Å². The van der Waals surface area contributed by atoms with Gasteiger partial charge in [-0.3, -0.25) is 4.98 Å². The second kappa shape index (κ2) is 4.88. The number of hydrogen-bond acceptors (Lipinski definition) is 2. The molecule has 0 radical (unpaired) electrons. The molecule has 0 aliphatic carbocycles. The molecule has 16 heavy (non-hydrogen) atoms. The van der Waals surface area contributed by atoms with Gasteiger partial charge in [-0.25, -0.2) is 9.37 Å². The molecular weight excluding hydrogens is 205 g/mol. The average Bonchev–Trinajstić information content (AvgIpc) is 2.66. The maximum absolute atomic E-state index is 13.0. The summed E-state index contributed by atoms with van der Waals surface area (Å²) in [5.41, 5.74) is 0.857. The monoisotopic (exact) mass is 219 g/mol. The number of rotatable bonds is 4. The number of nitrogens with zero attached hydrogens (tertiary/aromatic N) is 3. The van der Waals surface area contributed by atoms with E-state index in [9.17, 15) is 4.39 Å². The smallest absolute Gasteiger partial charge is 0.141 e. The average molecular weight is 219 g/mol. The lowest BCUT2D eigenvalue weighted by atomic mass is 10.2. The summed E-state index contributed by atoms with van der Waals surface area (Å²) in [6.07, 6.45) is 8.57. The molecular formula is C12H14FN3. The summed E-state index contributed by atoms with van der Waals surface area (Å²) in [6, 6.07) is 1.50. The number of halogens is 1. The predicted octanol–water partition coefficient (Wildman–Crippen LogP) is 2.42. The third kappa shape index (κ3) is 2.45. The molecule has 0 N–H and O–H groups in total. The number of imidazole rings is 1. The highest BCUT2D eigenvalue weighted by Crippen LogP contribution is 2.07. The predicted molar refractivity (Wildman–Crippen MR) is 59.5 cm³/mol. The first kappa shape index (κ1) is 10.8. The van der Waals surface area contributed by atoms with Crippen LogP contribution in [0.2, 0.25) is 0 Å². The fourth-order valence-corrected chi connectivity index (χ4v) is 1.67. The first-order valence-corrected chi connectivity index (χ1v) is 5.39. The molecule has 3 nitrogen and oxygen atoms in total. The Labute approximate surface area is 94.0 Å². The van der Waals surface area contributed by atoms with E-state index in [-0.39, 0.29) is 5.82 Å². The van der Waals surface area contributed by atoms with Gasteiger partial charge in [0.2, 0.25) is 0 Å². The van der Waals surface area contributed by atoms with E-state index < -0.39 is 0 Å². The zero-order chi connectivity index (χ0) is 11.4. The Morgan fingerprint density at radius 2 is 2.25 bits per heavy atom. The van der Waals surface area contributed by atoms with Crippen molar-refractivity contribution in [2.75, 3.05) is 0 Å². The molecule has 0 unspecified atom stereocenters. The lowest BCUT2D eigenvalue weighted by Crippen LogP contribution is -2.04. The van der Waals surface area contributed by atoms with Crippen LogP contribution in [-0.2, 0) is 13.0 Å². The summed E-state index contributed by atoms with van der Waals surface area (Å²) < 4.78 is 15.0. The lowest BCUT2D eigenvalue weighted by Gasteiger charge is -2.06. The van der Waals surface area contributed by atoms with Gasteiger partial charge in [-0.15, -0.1) is 0 Å². The molecule has 0 saturated carbocycles. The van der Waals surface area contributed by atoms with Gasteiger partial charge < -0.3 is 4.57 Å². The Kier molecular flexibility index (Phi) is 3.29. The minimum Gasteiger partial charge on any atom is -0.330 e. The Balaban J connectivity index is 2.17. The second-order valence-electron chi connectivity index (χ2n) is 3.73. The van der Waals surface area contributed by atoms with E-state index in [1.807, 2.05) is 10.8 Å². The van der Waals surface area contributed by atoms with E-state index in [0.29, 0.717) is 6.54 Å². The first-order valence-electron chi connectivity index (χ1n) is 5.39. The quantitative estimate of drug-likeness (QED) is 0.790. The van der Waals surface area contributed by atoms with Crippen LogP contribution in [-0.4, -0.2) is 14.5 Å². The highest BCUT2D eigenvalue weighted by atomic mass is 19.1. The molecule has 2 rings (SSSR count). The van der Waals surface area contributed by atoms with Crippen molar-refractivity contribution in [2.45, 2.75) is 26.3 Å². The van der Waals surface area contributed by atoms with E-state index in [1.165, 1.54) is 12.3 Å². The van der Waals surface area contributed by atoms with E-state index in [4.69, 9.17) is 0 Å². The third-order valence-electron chi connectivity index (χ3n) is 2.39. The Hall–Kier alpha value is -1.71. The highest BCUT2D eigenvalue weighted by Gasteiger charge is 2.03. The normalized spacial score (nSPS) is 10.6. The Morgan fingerprint density at radius 1 is 1.38 bits per heavy atom. The number of pyridine rings is 1. The molecule has 0 fully saturated rings. The van der Waals surface area contributed by atoms with Crippen LogP contribution in [0.5, 0.6) is 0 Å². The lowest BCUT2D eigenvalue weighted by molar-refractivity contribution is 0.614. The molecule has 2 heterocycles. The topological polar surface area (TPSA) is 30.7 Å². The van der Waals surface area contributed by atoms with Gasteiger partial charge in [0, 0.05) is 25.0 Å². The molecule has 84 valence electrons. The molecule has 0 aromatic carbocycles. The number of hydrogen-bond donors (Lipinski definition) is 0. The van der Waals surface area contributed by atoms with Crippen LogP contribution in [0.3, 0.4) is 0 Å². The zero-order valence-electron chi connectivity index (χ0n) is 9.23. The van der Waals surface area contributed by atoms with Gasteiger partial charge >= 0.3 is 0 Å². The summed E-state index contributed by atoms with van der Waals surface area (Å²) in [5, 5.41) is 0. The molecule has 4 heteroatoms. The molecule has 2 aromatic rings. The Bertz CT molecular complexity index is 465. The van der Waals surface area contributed by atoms with Gasteiger partial charge in [0.25, 0.3) is 0 Å². The molecule has 0 aliphatic rings. The maximum Gasteiger partial charge on any atom is 0.141 e. The van der Waals surface area contributed by atoms with Crippen molar-refractivity contribution in [1.29, 1.82) is 0 Å². The summed E-state index contributed by atoms with van der Waals surface area (Å²) in [7, 11) is 0. The third-order valence-corrected chi connectivity index (χ3v) is 2.39. The second-order valence-corrected chi connectivity index (χ2v) is 3.73. The van der Waals surface area contributed by atoms with Crippen LogP contribution in [0, 0.1) is 5.82 Å².